The standard InChI is InChI=1S/C13H13F3O3/c14-13(15,16)11(6-12(17)18)9-1-2-10-7-19-4-3-8(10)5-9/h1-2,5,11H,3-4,6-7H2,(H,17,18). The number of carboxylic acid groups (broad SMARTS) is 1. The quantitative estimate of drug-likeness (QED) is 0.921. The van der Waals surface area contributed by atoms with Crippen molar-refractivity contribution < 1.29 is 27.8 Å². The van der Waals surface area contributed by atoms with E-state index >= 15 is 0 Å². The van der Waals surface area contributed by atoms with Crippen molar-refractivity contribution in [3.8, 4) is 0 Å². The molecule has 0 saturated carbocycles. The Labute approximate surface area is 108 Å². The highest BCUT2D eigenvalue weighted by atomic mass is 19.4. The van der Waals surface area contributed by atoms with Crippen LogP contribution in [0.2, 0.25) is 0 Å². The van der Waals surface area contributed by atoms with Crippen LogP contribution < -0.4 is 0 Å². The molecule has 0 bridgehead atoms. The molecule has 1 atom stereocenters. The van der Waals surface area contributed by atoms with Gasteiger partial charge in [0.15, 0.2) is 0 Å². The maximum atomic E-state index is 12.9. The average molecular weight is 274 g/mol. The average Bonchev–Trinajstić information content (AvgIpc) is 2.34. The van der Waals surface area contributed by atoms with Gasteiger partial charge in [0.2, 0.25) is 0 Å². The molecule has 1 unspecified atom stereocenters. The third-order valence-electron chi connectivity index (χ3n) is 3.18. The third-order valence-corrected chi connectivity index (χ3v) is 3.18. The van der Waals surface area contributed by atoms with Crippen LogP contribution >= 0.6 is 0 Å². The second kappa shape index (κ2) is 5.21. The summed E-state index contributed by atoms with van der Waals surface area (Å²) < 4.78 is 43.9. The summed E-state index contributed by atoms with van der Waals surface area (Å²) in [4.78, 5) is 10.6. The second-order valence-corrected chi connectivity index (χ2v) is 4.52. The number of hydrogen-bond acceptors (Lipinski definition) is 2. The predicted octanol–water partition coefficient (Wildman–Crippen LogP) is 2.88. The Morgan fingerprint density at radius 3 is 2.74 bits per heavy atom. The number of carbonyl (C=O) groups is 1. The van der Waals surface area contributed by atoms with Gasteiger partial charge in [-0.1, -0.05) is 18.2 Å². The second-order valence-electron chi connectivity index (χ2n) is 4.52. The highest BCUT2D eigenvalue weighted by Crippen LogP contribution is 2.38. The fourth-order valence-electron chi connectivity index (χ4n) is 2.20. The van der Waals surface area contributed by atoms with E-state index in [9.17, 15) is 18.0 Å². The molecule has 0 radical (unpaired) electrons. The van der Waals surface area contributed by atoms with Gasteiger partial charge in [0.1, 0.15) is 0 Å². The van der Waals surface area contributed by atoms with Crippen LogP contribution in [0.15, 0.2) is 18.2 Å². The Bertz CT molecular complexity index is 483. The fraction of sp³-hybridized carbons (Fsp3) is 0.462. The van der Waals surface area contributed by atoms with Crippen LogP contribution in [-0.2, 0) is 22.6 Å². The van der Waals surface area contributed by atoms with E-state index in [1.165, 1.54) is 12.1 Å². The summed E-state index contributed by atoms with van der Waals surface area (Å²) in [6, 6.07) is 4.39. The van der Waals surface area contributed by atoms with E-state index in [2.05, 4.69) is 0 Å². The van der Waals surface area contributed by atoms with Gasteiger partial charge in [0.05, 0.1) is 25.6 Å². The van der Waals surface area contributed by atoms with Crippen LogP contribution in [0, 0.1) is 0 Å². The maximum Gasteiger partial charge on any atom is 0.396 e. The summed E-state index contributed by atoms with van der Waals surface area (Å²) in [6.07, 6.45) is -4.95. The lowest BCUT2D eigenvalue weighted by atomic mass is 9.90. The van der Waals surface area contributed by atoms with E-state index in [4.69, 9.17) is 9.84 Å². The molecule has 3 nitrogen and oxygen atoms in total. The van der Waals surface area contributed by atoms with Gasteiger partial charge in [-0.3, -0.25) is 4.79 Å². The number of rotatable bonds is 3. The van der Waals surface area contributed by atoms with E-state index in [1.807, 2.05) is 0 Å². The minimum atomic E-state index is -4.56. The number of aliphatic carboxylic acids is 1. The molecule has 0 aliphatic carbocycles. The molecule has 1 N–H and O–H groups in total. The molecule has 0 amide bonds. The maximum absolute atomic E-state index is 12.9. The van der Waals surface area contributed by atoms with Crippen LogP contribution in [-0.4, -0.2) is 23.9 Å². The zero-order valence-electron chi connectivity index (χ0n) is 10.0. The van der Waals surface area contributed by atoms with Crippen LogP contribution in [0.1, 0.15) is 29.0 Å². The number of halogens is 3. The van der Waals surface area contributed by atoms with Crippen molar-refractivity contribution in [2.45, 2.75) is 31.5 Å². The van der Waals surface area contributed by atoms with E-state index in [0.717, 1.165) is 11.1 Å². The lowest BCUT2D eigenvalue weighted by Crippen LogP contribution is -2.24. The van der Waals surface area contributed by atoms with Gasteiger partial charge in [-0.2, -0.15) is 13.2 Å². The molecule has 19 heavy (non-hydrogen) atoms. The van der Waals surface area contributed by atoms with E-state index < -0.39 is 24.5 Å². The van der Waals surface area contributed by atoms with Gasteiger partial charge >= 0.3 is 12.1 Å². The third kappa shape index (κ3) is 3.26. The van der Waals surface area contributed by atoms with E-state index in [0.29, 0.717) is 19.6 Å². The molecule has 1 aromatic rings. The van der Waals surface area contributed by atoms with Crippen molar-refractivity contribution in [2.24, 2.45) is 0 Å². The van der Waals surface area contributed by atoms with Gasteiger partial charge in [-0.25, -0.2) is 0 Å². The van der Waals surface area contributed by atoms with Gasteiger partial charge in [0, 0.05) is 0 Å². The SMILES string of the molecule is O=C(O)CC(c1ccc2c(c1)CCOC2)C(F)(F)F. The Morgan fingerprint density at radius 2 is 2.11 bits per heavy atom. The molecule has 104 valence electrons. The van der Waals surface area contributed by atoms with Crippen LogP contribution in [0.25, 0.3) is 0 Å². The zero-order chi connectivity index (χ0) is 14.0. The monoisotopic (exact) mass is 274 g/mol. The highest BCUT2D eigenvalue weighted by molar-refractivity contribution is 5.68. The number of carboxylic acids is 1. The molecule has 1 aromatic carbocycles. The number of ether oxygens (including phenoxy) is 1. The van der Waals surface area contributed by atoms with Crippen LogP contribution in [0.5, 0.6) is 0 Å². The molecule has 0 aromatic heterocycles. The molecule has 0 saturated heterocycles. The summed E-state index contributed by atoms with van der Waals surface area (Å²) in [5.74, 6) is -3.42. The largest absolute Gasteiger partial charge is 0.481 e. The first-order valence-corrected chi connectivity index (χ1v) is 5.86. The molecule has 0 spiro atoms. The lowest BCUT2D eigenvalue weighted by Gasteiger charge is -2.22. The summed E-state index contributed by atoms with van der Waals surface area (Å²) in [6.45, 7) is 0.872. The first-order valence-electron chi connectivity index (χ1n) is 5.86. The van der Waals surface area contributed by atoms with Crippen molar-refractivity contribution in [3.05, 3.63) is 34.9 Å². The van der Waals surface area contributed by atoms with Crippen molar-refractivity contribution in [2.75, 3.05) is 6.61 Å². The fourth-order valence-corrected chi connectivity index (χ4v) is 2.20. The molecule has 1 aliphatic rings. The first kappa shape index (κ1) is 13.9. The number of alkyl halides is 3. The van der Waals surface area contributed by atoms with Gasteiger partial charge in [0.25, 0.3) is 0 Å². The van der Waals surface area contributed by atoms with Gasteiger partial charge in [-0.05, 0) is 23.1 Å². The number of hydrogen-bond donors (Lipinski definition) is 1. The van der Waals surface area contributed by atoms with E-state index in [-0.39, 0.29) is 5.56 Å². The molecule has 6 heteroatoms. The molecular formula is C13H13F3O3. The summed E-state index contributed by atoms with van der Waals surface area (Å²) >= 11 is 0. The minimum Gasteiger partial charge on any atom is -0.481 e. The van der Waals surface area contributed by atoms with Crippen LogP contribution in [0.3, 0.4) is 0 Å². The molecule has 1 heterocycles. The predicted molar refractivity (Wildman–Crippen MR) is 60.9 cm³/mol. The lowest BCUT2D eigenvalue weighted by molar-refractivity contribution is -0.163. The number of benzene rings is 1. The smallest absolute Gasteiger partial charge is 0.396 e. The first-order chi connectivity index (χ1) is 8.88. The Balaban J connectivity index is 2.34. The van der Waals surface area contributed by atoms with Crippen molar-refractivity contribution in [1.82, 2.24) is 0 Å². The normalized spacial score (nSPS) is 16.8. The Morgan fingerprint density at radius 1 is 1.37 bits per heavy atom. The molecular weight excluding hydrogens is 261 g/mol. The Hall–Kier alpha value is -1.56. The van der Waals surface area contributed by atoms with Crippen molar-refractivity contribution >= 4 is 5.97 Å². The van der Waals surface area contributed by atoms with Gasteiger partial charge in [-0.15, -0.1) is 0 Å². The summed E-state index contributed by atoms with van der Waals surface area (Å²) in [7, 11) is 0. The highest BCUT2D eigenvalue weighted by Gasteiger charge is 2.42. The van der Waals surface area contributed by atoms with Gasteiger partial charge < -0.3 is 9.84 Å². The zero-order valence-corrected chi connectivity index (χ0v) is 10.0. The Kier molecular flexibility index (Phi) is 3.80. The minimum absolute atomic E-state index is 0.00977. The molecule has 1 aliphatic heterocycles. The van der Waals surface area contributed by atoms with Crippen molar-refractivity contribution in [3.63, 3.8) is 0 Å². The number of fused-ring (bicyclic) bond motifs is 1. The van der Waals surface area contributed by atoms with Crippen LogP contribution in [0.4, 0.5) is 13.2 Å². The summed E-state index contributed by atoms with van der Waals surface area (Å²) in [5, 5.41) is 8.63. The van der Waals surface area contributed by atoms with Crippen molar-refractivity contribution in [1.29, 1.82) is 0 Å². The molecule has 0 fully saturated rings. The van der Waals surface area contributed by atoms with E-state index in [1.54, 1.807) is 6.07 Å². The molecule has 2 rings (SSSR count). The topological polar surface area (TPSA) is 46.5 Å². The summed E-state index contributed by atoms with van der Waals surface area (Å²) in [5.41, 5.74) is 1.69.